The molecule has 0 saturated carbocycles. The van der Waals surface area contributed by atoms with Crippen molar-refractivity contribution in [2.75, 3.05) is 5.73 Å². The van der Waals surface area contributed by atoms with Gasteiger partial charge in [-0.15, -0.1) is 0 Å². The van der Waals surface area contributed by atoms with Crippen LogP contribution in [0.4, 0.5) is 5.69 Å². The van der Waals surface area contributed by atoms with Crippen LogP contribution in [0.5, 0.6) is 0 Å². The van der Waals surface area contributed by atoms with Gasteiger partial charge in [-0.2, -0.15) is 0 Å². The molecule has 1 aliphatic heterocycles. The molecule has 0 bridgehead atoms. The Morgan fingerprint density at radius 3 is 2.87 bits per heavy atom. The van der Waals surface area contributed by atoms with E-state index >= 15 is 0 Å². The van der Waals surface area contributed by atoms with E-state index in [-0.39, 0.29) is 5.56 Å². The topological polar surface area (TPSA) is 60.9 Å². The highest BCUT2D eigenvalue weighted by atomic mass is 16.1. The molecule has 2 aromatic carbocycles. The van der Waals surface area contributed by atoms with Crippen LogP contribution in [-0.4, -0.2) is 9.55 Å². The predicted octanol–water partition coefficient (Wildman–Crippen LogP) is 3.23. The molecule has 0 radical (unpaired) electrons. The van der Waals surface area contributed by atoms with Crippen molar-refractivity contribution in [1.82, 2.24) is 9.55 Å². The van der Waals surface area contributed by atoms with Gasteiger partial charge < -0.3 is 5.73 Å². The zero-order valence-electron chi connectivity index (χ0n) is 12.9. The fourth-order valence-corrected chi connectivity index (χ4v) is 3.11. The number of aryl methyl sites for hydroxylation is 1. The third-order valence-corrected chi connectivity index (χ3v) is 4.39. The van der Waals surface area contributed by atoms with Gasteiger partial charge in [0.25, 0.3) is 5.56 Å². The van der Waals surface area contributed by atoms with Crippen molar-refractivity contribution < 1.29 is 0 Å². The lowest BCUT2D eigenvalue weighted by atomic mass is 10.0. The van der Waals surface area contributed by atoms with Crippen LogP contribution in [0.15, 0.2) is 47.3 Å². The van der Waals surface area contributed by atoms with Crippen molar-refractivity contribution in [2.45, 2.75) is 19.9 Å². The molecule has 4 nitrogen and oxygen atoms in total. The highest BCUT2D eigenvalue weighted by Crippen LogP contribution is 2.28. The molecule has 0 saturated heterocycles. The Labute approximate surface area is 133 Å². The van der Waals surface area contributed by atoms with Gasteiger partial charge in [0.2, 0.25) is 0 Å². The summed E-state index contributed by atoms with van der Waals surface area (Å²) in [6.07, 6.45) is 2.96. The molecule has 1 aliphatic rings. The summed E-state index contributed by atoms with van der Waals surface area (Å²) in [5.41, 5.74) is 10.6. The summed E-state index contributed by atoms with van der Waals surface area (Å²) in [5.74, 6) is 0.774. The van der Waals surface area contributed by atoms with Crippen molar-refractivity contribution in [3.63, 3.8) is 0 Å². The lowest BCUT2D eigenvalue weighted by Gasteiger charge is -2.06. The van der Waals surface area contributed by atoms with E-state index in [9.17, 15) is 4.79 Å². The Balaban J connectivity index is 1.93. The van der Waals surface area contributed by atoms with E-state index in [2.05, 4.69) is 25.1 Å². The van der Waals surface area contributed by atoms with E-state index < -0.39 is 0 Å². The molecular weight excluding hydrogens is 286 g/mol. The summed E-state index contributed by atoms with van der Waals surface area (Å²) >= 11 is 0. The van der Waals surface area contributed by atoms with Crippen molar-refractivity contribution in [1.29, 1.82) is 0 Å². The largest absolute Gasteiger partial charge is 0.399 e. The fraction of sp³-hybridized carbons (Fsp3) is 0.158. The average molecular weight is 303 g/mol. The van der Waals surface area contributed by atoms with Crippen LogP contribution in [0.2, 0.25) is 0 Å². The zero-order chi connectivity index (χ0) is 16.0. The molecule has 0 unspecified atom stereocenters. The number of anilines is 1. The first-order valence-corrected chi connectivity index (χ1v) is 7.70. The molecule has 0 fully saturated rings. The van der Waals surface area contributed by atoms with Gasteiger partial charge in [-0.25, -0.2) is 4.98 Å². The highest BCUT2D eigenvalue weighted by Gasteiger charge is 2.21. The molecular formula is C19H17N3O. The first-order valence-electron chi connectivity index (χ1n) is 7.70. The van der Waals surface area contributed by atoms with Crippen LogP contribution in [0.25, 0.3) is 22.6 Å². The van der Waals surface area contributed by atoms with Gasteiger partial charge in [0.15, 0.2) is 0 Å². The highest BCUT2D eigenvalue weighted by molar-refractivity contribution is 5.86. The standard InChI is InChI=1S/C19H17N3O/c1-12-4-2-3-5-13(12)10-14-8-9-22-18(14)21-17-7-6-15(20)11-16(17)19(22)23/h2-7,10-11H,8-9,20H2,1H3. The molecule has 2 heterocycles. The van der Waals surface area contributed by atoms with Gasteiger partial charge >= 0.3 is 0 Å². The van der Waals surface area contributed by atoms with Crippen molar-refractivity contribution >= 4 is 28.2 Å². The second-order valence-corrected chi connectivity index (χ2v) is 5.94. The Bertz CT molecular complexity index is 1010. The van der Waals surface area contributed by atoms with Crippen LogP contribution < -0.4 is 11.3 Å². The summed E-state index contributed by atoms with van der Waals surface area (Å²) in [6, 6.07) is 13.5. The lowest BCUT2D eigenvalue weighted by Crippen LogP contribution is -2.20. The number of allylic oxidation sites excluding steroid dienone is 1. The molecule has 23 heavy (non-hydrogen) atoms. The number of nitrogens with zero attached hydrogens (tertiary/aromatic N) is 2. The lowest BCUT2D eigenvalue weighted by molar-refractivity contribution is 0.725. The summed E-state index contributed by atoms with van der Waals surface area (Å²) in [5, 5.41) is 0.589. The Morgan fingerprint density at radius 1 is 1.22 bits per heavy atom. The van der Waals surface area contributed by atoms with Crippen molar-refractivity contribution in [3.05, 3.63) is 69.8 Å². The number of fused-ring (bicyclic) bond motifs is 2. The summed E-state index contributed by atoms with van der Waals surface area (Å²) in [6.45, 7) is 2.76. The maximum atomic E-state index is 12.7. The minimum absolute atomic E-state index is 0.00881. The smallest absolute Gasteiger partial charge is 0.261 e. The molecule has 2 N–H and O–H groups in total. The number of nitrogens with two attached hydrogens (primary N) is 1. The van der Waals surface area contributed by atoms with E-state index in [1.807, 2.05) is 18.2 Å². The molecule has 114 valence electrons. The number of nitrogen functional groups attached to an aromatic ring is 1. The molecule has 0 aliphatic carbocycles. The molecule has 1 aromatic heterocycles. The molecule has 0 amide bonds. The van der Waals surface area contributed by atoms with E-state index in [4.69, 9.17) is 10.7 Å². The summed E-state index contributed by atoms with van der Waals surface area (Å²) in [7, 11) is 0. The summed E-state index contributed by atoms with van der Waals surface area (Å²) in [4.78, 5) is 17.4. The molecule has 0 atom stereocenters. The van der Waals surface area contributed by atoms with Gasteiger partial charge in [0, 0.05) is 12.2 Å². The maximum absolute atomic E-state index is 12.7. The van der Waals surface area contributed by atoms with Gasteiger partial charge in [0.1, 0.15) is 5.82 Å². The second kappa shape index (κ2) is 5.09. The van der Waals surface area contributed by atoms with E-state index in [1.165, 1.54) is 11.1 Å². The maximum Gasteiger partial charge on any atom is 0.261 e. The van der Waals surface area contributed by atoms with Crippen LogP contribution in [-0.2, 0) is 6.54 Å². The monoisotopic (exact) mass is 303 g/mol. The predicted molar refractivity (Wildman–Crippen MR) is 94.1 cm³/mol. The Hall–Kier alpha value is -2.88. The SMILES string of the molecule is Cc1ccccc1C=C1CCn2c1nc1ccc(N)cc1c2=O. The fourth-order valence-electron chi connectivity index (χ4n) is 3.11. The molecule has 0 spiro atoms. The first-order chi connectivity index (χ1) is 11.1. The van der Waals surface area contributed by atoms with Crippen LogP contribution in [0.3, 0.4) is 0 Å². The van der Waals surface area contributed by atoms with Crippen molar-refractivity contribution in [2.24, 2.45) is 0 Å². The van der Waals surface area contributed by atoms with Crippen LogP contribution in [0.1, 0.15) is 23.4 Å². The average Bonchev–Trinajstić information content (AvgIpc) is 2.94. The van der Waals surface area contributed by atoms with Gasteiger partial charge in [-0.05, 0) is 54.3 Å². The van der Waals surface area contributed by atoms with Crippen LogP contribution >= 0.6 is 0 Å². The van der Waals surface area contributed by atoms with Gasteiger partial charge in [-0.1, -0.05) is 24.3 Å². The number of hydrogen-bond donors (Lipinski definition) is 1. The van der Waals surface area contributed by atoms with E-state index in [0.29, 0.717) is 23.1 Å². The zero-order valence-corrected chi connectivity index (χ0v) is 12.9. The molecule has 4 rings (SSSR count). The number of rotatable bonds is 1. The normalized spacial score (nSPS) is 15.3. The van der Waals surface area contributed by atoms with Gasteiger partial charge in [-0.3, -0.25) is 9.36 Å². The van der Waals surface area contributed by atoms with Crippen molar-refractivity contribution in [3.8, 4) is 0 Å². The summed E-state index contributed by atoms with van der Waals surface area (Å²) < 4.78 is 1.76. The second-order valence-electron chi connectivity index (χ2n) is 5.94. The number of hydrogen-bond acceptors (Lipinski definition) is 3. The third kappa shape index (κ3) is 2.23. The minimum atomic E-state index is -0.00881. The first kappa shape index (κ1) is 13.8. The third-order valence-electron chi connectivity index (χ3n) is 4.39. The van der Waals surface area contributed by atoms with E-state index in [0.717, 1.165) is 17.8 Å². The van der Waals surface area contributed by atoms with E-state index in [1.54, 1.807) is 16.7 Å². The molecule has 4 heteroatoms. The Kier molecular flexibility index (Phi) is 3.05. The minimum Gasteiger partial charge on any atom is -0.399 e. The number of benzene rings is 2. The van der Waals surface area contributed by atoms with Crippen LogP contribution in [0, 0.1) is 6.92 Å². The quantitative estimate of drug-likeness (QED) is 0.702. The molecule has 3 aromatic rings. The van der Waals surface area contributed by atoms with Gasteiger partial charge in [0.05, 0.1) is 10.9 Å². The number of aromatic nitrogens is 2. The Morgan fingerprint density at radius 2 is 2.04 bits per heavy atom.